The van der Waals surface area contributed by atoms with Gasteiger partial charge in [0, 0.05) is 5.56 Å². The second-order valence-electron chi connectivity index (χ2n) is 7.99. The van der Waals surface area contributed by atoms with E-state index in [0.29, 0.717) is 5.69 Å². The fourth-order valence-electron chi connectivity index (χ4n) is 3.47. The molecule has 0 aliphatic carbocycles. The fraction of sp³-hybridized carbons (Fsp3) is 0.333. The third-order valence-corrected chi connectivity index (χ3v) is 5.78. The summed E-state index contributed by atoms with van der Waals surface area (Å²) in [4.78, 5) is 0. The van der Waals surface area contributed by atoms with Gasteiger partial charge in [0.2, 0.25) is 0 Å². The lowest BCUT2D eigenvalue weighted by atomic mass is 9.59. The summed E-state index contributed by atoms with van der Waals surface area (Å²) in [6.45, 7) is 8.08. The van der Waals surface area contributed by atoms with Gasteiger partial charge in [0.05, 0.1) is 16.9 Å². The van der Waals surface area contributed by atoms with Crippen LogP contribution in [0.3, 0.4) is 0 Å². The fourth-order valence-corrected chi connectivity index (χ4v) is 3.47. The Morgan fingerprint density at radius 2 is 1.54 bits per heavy atom. The van der Waals surface area contributed by atoms with Crippen LogP contribution in [-0.2, 0) is 14.7 Å². The van der Waals surface area contributed by atoms with Gasteiger partial charge in [-0.15, -0.1) is 0 Å². The van der Waals surface area contributed by atoms with Crippen LogP contribution in [0.15, 0.2) is 54.6 Å². The molecule has 0 bridgehead atoms. The number of rotatable bonds is 2. The molecule has 1 atom stereocenters. The molecule has 3 nitrogen and oxygen atoms in total. The van der Waals surface area contributed by atoms with E-state index in [9.17, 15) is 4.39 Å². The van der Waals surface area contributed by atoms with E-state index in [-0.39, 0.29) is 5.82 Å². The highest BCUT2D eigenvalue weighted by molar-refractivity contribution is 6.51. The molecule has 0 radical (unpaired) electrons. The molecule has 1 N–H and O–H groups in total. The number of fused-ring (bicyclic) bond motifs is 1. The van der Waals surface area contributed by atoms with Crippen molar-refractivity contribution in [3.8, 4) is 0 Å². The maximum atomic E-state index is 14.5. The van der Waals surface area contributed by atoms with Crippen LogP contribution in [-0.4, -0.2) is 18.3 Å². The molecular weight excluding hydrogens is 328 g/mol. The molecule has 134 valence electrons. The summed E-state index contributed by atoms with van der Waals surface area (Å²) in [5.41, 5.74) is 0.460. The zero-order valence-electron chi connectivity index (χ0n) is 15.5. The van der Waals surface area contributed by atoms with Crippen LogP contribution < -0.4 is 5.32 Å². The Balaban J connectivity index is 1.86. The van der Waals surface area contributed by atoms with E-state index in [1.54, 1.807) is 6.07 Å². The van der Waals surface area contributed by atoms with Crippen molar-refractivity contribution in [1.29, 1.82) is 0 Å². The standard InChI is InChI=1S/C21H23BFNO2/c1-19(2)20(3,4)26-22(25-19)21(16-10-6-5-7-11-16)14-13-15-9-8-12-17(23)18(15)24-21/h5-14,24H,1-4H3. The van der Waals surface area contributed by atoms with Crippen molar-refractivity contribution in [2.45, 2.75) is 44.3 Å². The average molecular weight is 351 g/mol. The first-order chi connectivity index (χ1) is 12.3. The van der Waals surface area contributed by atoms with E-state index < -0.39 is 23.8 Å². The third kappa shape index (κ3) is 2.50. The molecule has 0 amide bonds. The highest BCUT2D eigenvalue weighted by Crippen LogP contribution is 2.46. The third-order valence-electron chi connectivity index (χ3n) is 5.78. The van der Waals surface area contributed by atoms with Gasteiger partial charge in [-0.05, 0) is 39.3 Å². The van der Waals surface area contributed by atoms with Crippen molar-refractivity contribution in [1.82, 2.24) is 0 Å². The van der Waals surface area contributed by atoms with Crippen LogP contribution in [0.5, 0.6) is 0 Å². The van der Waals surface area contributed by atoms with Crippen molar-refractivity contribution in [3.63, 3.8) is 0 Å². The van der Waals surface area contributed by atoms with Crippen LogP contribution in [0.4, 0.5) is 10.1 Å². The Morgan fingerprint density at radius 1 is 0.885 bits per heavy atom. The summed E-state index contributed by atoms with van der Waals surface area (Å²) in [5.74, 6) is -0.288. The second-order valence-corrected chi connectivity index (χ2v) is 7.99. The summed E-state index contributed by atoms with van der Waals surface area (Å²) < 4.78 is 27.3. The first-order valence-electron chi connectivity index (χ1n) is 8.92. The van der Waals surface area contributed by atoms with Gasteiger partial charge in [-0.1, -0.05) is 54.6 Å². The lowest BCUT2D eigenvalue weighted by Crippen LogP contribution is -2.51. The van der Waals surface area contributed by atoms with Crippen molar-refractivity contribution in [3.05, 3.63) is 71.6 Å². The van der Waals surface area contributed by atoms with Crippen LogP contribution >= 0.6 is 0 Å². The quantitative estimate of drug-likeness (QED) is 0.789. The highest BCUT2D eigenvalue weighted by atomic mass is 19.1. The van der Waals surface area contributed by atoms with Crippen LogP contribution in [0, 0.1) is 5.82 Å². The Labute approximate surface area is 154 Å². The molecule has 5 heteroatoms. The molecule has 1 fully saturated rings. The van der Waals surface area contributed by atoms with Crippen molar-refractivity contribution in [2.24, 2.45) is 0 Å². The molecule has 2 aliphatic rings. The van der Waals surface area contributed by atoms with E-state index in [1.807, 2.05) is 76.2 Å². The lowest BCUT2D eigenvalue weighted by Gasteiger charge is -2.38. The van der Waals surface area contributed by atoms with Crippen molar-refractivity contribution in [2.75, 3.05) is 5.32 Å². The molecule has 1 saturated heterocycles. The number of benzene rings is 2. The molecule has 0 saturated carbocycles. The monoisotopic (exact) mass is 351 g/mol. The minimum atomic E-state index is -0.818. The average Bonchev–Trinajstić information content (AvgIpc) is 2.84. The van der Waals surface area contributed by atoms with Gasteiger partial charge >= 0.3 is 7.12 Å². The number of hydrogen-bond acceptors (Lipinski definition) is 3. The van der Waals surface area contributed by atoms with Gasteiger partial charge < -0.3 is 14.6 Å². The summed E-state index contributed by atoms with van der Waals surface area (Å²) in [6.07, 6.45) is 3.96. The zero-order chi connectivity index (χ0) is 18.6. The molecule has 2 aliphatic heterocycles. The Kier molecular flexibility index (Phi) is 3.79. The Morgan fingerprint density at radius 3 is 2.19 bits per heavy atom. The molecule has 1 unspecified atom stereocenters. The van der Waals surface area contributed by atoms with Gasteiger partial charge in [-0.3, -0.25) is 0 Å². The summed E-state index contributed by atoms with van der Waals surface area (Å²) in [6, 6.07) is 15.0. The Bertz CT molecular complexity index is 850. The molecule has 26 heavy (non-hydrogen) atoms. The second kappa shape index (κ2) is 5.70. The molecule has 2 heterocycles. The lowest BCUT2D eigenvalue weighted by molar-refractivity contribution is 0.00578. The van der Waals surface area contributed by atoms with Crippen LogP contribution in [0.2, 0.25) is 0 Å². The SMILES string of the molecule is CC1(C)OB(C2(c3ccccc3)C=Cc3cccc(F)c3N2)OC1(C)C. The molecule has 4 rings (SSSR count). The predicted octanol–water partition coefficient (Wildman–Crippen LogP) is 4.79. The predicted molar refractivity (Wildman–Crippen MR) is 103 cm³/mol. The largest absolute Gasteiger partial charge is 0.494 e. The maximum absolute atomic E-state index is 14.5. The molecule has 0 spiro atoms. The van der Waals surface area contributed by atoms with Gasteiger partial charge in [0.25, 0.3) is 0 Å². The number of nitrogens with one attached hydrogen (secondary N) is 1. The van der Waals surface area contributed by atoms with Gasteiger partial charge in [-0.25, -0.2) is 4.39 Å². The zero-order valence-corrected chi connectivity index (χ0v) is 15.5. The summed E-state index contributed by atoms with van der Waals surface area (Å²) in [5, 5.41) is 3.40. The van der Waals surface area contributed by atoms with E-state index >= 15 is 0 Å². The number of halogens is 1. The topological polar surface area (TPSA) is 30.5 Å². The van der Waals surface area contributed by atoms with E-state index in [1.165, 1.54) is 6.07 Å². The van der Waals surface area contributed by atoms with Gasteiger partial charge in [-0.2, -0.15) is 0 Å². The summed E-state index contributed by atoms with van der Waals surface area (Å²) in [7, 11) is -0.598. The summed E-state index contributed by atoms with van der Waals surface area (Å²) >= 11 is 0. The van der Waals surface area contributed by atoms with E-state index in [2.05, 4.69) is 5.32 Å². The molecule has 0 aromatic heterocycles. The molecule has 2 aromatic carbocycles. The first-order valence-corrected chi connectivity index (χ1v) is 8.92. The smallest absolute Gasteiger partial charge is 0.401 e. The first kappa shape index (κ1) is 17.3. The van der Waals surface area contributed by atoms with Gasteiger partial charge in [0.15, 0.2) is 0 Å². The van der Waals surface area contributed by atoms with Crippen molar-refractivity contribution < 1.29 is 13.7 Å². The Hall–Kier alpha value is -2.11. The number of anilines is 1. The van der Waals surface area contributed by atoms with E-state index in [0.717, 1.165) is 11.1 Å². The molecular formula is C21H23BFNO2. The van der Waals surface area contributed by atoms with Crippen LogP contribution in [0.25, 0.3) is 6.08 Å². The normalized spacial score (nSPS) is 25.7. The van der Waals surface area contributed by atoms with E-state index in [4.69, 9.17) is 9.31 Å². The minimum absolute atomic E-state index is 0.288. The van der Waals surface area contributed by atoms with Crippen molar-refractivity contribution >= 4 is 18.9 Å². The maximum Gasteiger partial charge on any atom is 0.494 e. The van der Waals surface area contributed by atoms with Gasteiger partial charge in [0.1, 0.15) is 11.3 Å². The van der Waals surface area contributed by atoms with Crippen LogP contribution in [0.1, 0.15) is 38.8 Å². The minimum Gasteiger partial charge on any atom is -0.401 e. The highest BCUT2D eigenvalue weighted by Gasteiger charge is 2.60. The number of hydrogen-bond donors (Lipinski definition) is 1. The molecule has 2 aromatic rings. The number of para-hydroxylation sites is 1.